The third-order valence-electron chi connectivity index (χ3n) is 2.92. The smallest absolute Gasteiger partial charge is 0.140 e. The fraction of sp³-hybridized carbons (Fsp3) is 0.462. The molecular weight excluding hydrogens is 285 g/mol. The zero-order chi connectivity index (χ0) is 14.3. The summed E-state index contributed by atoms with van der Waals surface area (Å²) in [5, 5.41) is 16.2. The molecule has 4 N–H and O–H groups in total. The lowest BCUT2D eigenvalue weighted by atomic mass is 10.1. The van der Waals surface area contributed by atoms with Crippen molar-refractivity contribution in [1.29, 1.82) is 0 Å². The van der Waals surface area contributed by atoms with Gasteiger partial charge in [0.1, 0.15) is 5.84 Å². The Hall–Kier alpha value is -0.970. The van der Waals surface area contributed by atoms with Crippen LogP contribution in [0.25, 0.3) is 0 Å². The molecule has 4 nitrogen and oxygen atoms in total. The Morgan fingerprint density at radius 1 is 1.47 bits per heavy atom. The number of nitrogens with two attached hydrogens (primary N) is 1. The van der Waals surface area contributed by atoms with Crippen molar-refractivity contribution in [2.75, 3.05) is 6.54 Å². The number of nitrogens with zero attached hydrogens (tertiary/aromatic N) is 1. The van der Waals surface area contributed by atoms with Crippen LogP contribution in [0.5, 0.6) is 0 Å². The summed E-state index contributed by atoms with van der Waals surface area (Å²) in [6.07, 6.45) is 2.24. The summed E-state index contributed by atoms with van der Waals surface area (Å²) in [5.41, 5.74) is 6.55. The highest BCUT2D eigenvalue weighted by molar-refractivity contribution is 6.35. The molecule has 1 aromatic rings. The molecule has 1 atom stereocenters. The number of benzene rings is 1. The van der Waals surface area contributed by atoms with E-state index in [2.05, 4.69) is 17.4 Å². The molecule has 0 saturated carbocycles. The van der Waals surface area contributed by atoms with Crippen molar-refractivity contribution in [2.24, 2.45) is 10.9 Å². The highest BCUT2D eigenvalue weighted by Gasteiger charge is 2.08. The van der Waals surface area contributed by atoms with Crippen molar-refractivity contribution in [2.45, 2.75) is 32.2 Å². The van der Waals surface area contributed by atoms with E-state index in [4.69, 9.17) is 34.1 Å². The molecule has 6 heteroatoms. The summed E-state index contributed by atoms with van der Waals surface area (Å²) < 4.78 is 0. The van der Waals surface area contributed by atoms with Crippen molar-refractivity contribution in [1.82, 2.24) is 5.32 Å². The molecule has 106 valence electrons. The predicted octanol–water partition coefficient (Wildman–Crippen LogP) is 3.04. The minimum absolute atomic E-state index is 0.196. The maximum atomic E-state index is 8.55. The number of halogens is 2. The molecule has 0 spiro atoms. The van der Waals surface area contributed by atoms with Crippen molar-refractivity contribution in [3.05, 3.63) is 33.8 Å². The van der Waals surface area contributed by atoms with E-state index in [9.17, 15) is 0 Å². The van der Waals surface area contributed by atoms with E-state index in [1.165, 1.54) is 0 Å². The van der Waals surface area contributed by atoms with E-state index in [-0.39, 0.29) is 11.9 Å². The molecule has 19 heavy (non-hydrogen) atoms. The van der Waals surface area contributed by atoms with Gasteiger partial charge >= 0.3 is 0 Å². The molecule has 0 bridgehead atoms. The number of amidine groups is 1. The first-order valence-corrected chi connectivity index (χ1v) is 6.96. The van der Waals surface area contributed by atoms with Crippen LogP contribution in [0.4, 0.5) is 0 Å². The average Bonchev–Trinajstić information content (AvgIpc) is 2.39. The van der Waals surface area contributed by atoms with E-state index in [1.54, 1.807) is 6.07 Å². The summed E-state index contributed by atoms with van der Waals surface area (Å²) in [7, 11) is 0. The highest BCUT2D eigenvalue weighted by atomic mass is 35.5. The minimum Gasteiger partial charge on any atom is -0.409 e. The van der Waals surface area contributed by atoms with Gasteiger partial charge in [-0.3, -0.25) is 0 Å². The van der Waals surface area contributed by atoms with Gasteiger partial charge in [-0.25, -0.2) is 0 Å². The zero-order valence-corrected chi connectivity index (χ0v) is 12.4. The van der Waals surface area contributed by atoms with Gasteiger partial charge in [-0.1, -0.05) is 41.3 Å². The van der Waals surface area contributed by atoms with Gasteiger partial charge < -0.3 is 16.3 Å². The van der Waals surface area contributed by atoms with Gasteiger partial charge in [0.25, 0.3) is 0 Å². The molecule has 0 aliphatic rings. The van der Waals surface area contributed by atoms with Gasteiger partial charge in [0.05, 0.1) is 0 Å². The lowest BCUT2D eigenvalue weighted by Crippen LogP contribution is -2.34. The van der Waals surface area contributed by atoms with Crippen LogP contribution in [0.1, 0.15) is 25.3 Å². The number of oxime groups is 1. The first-order chi connectivity index (χ1) is 9.06. The molecule has 0 aromatic heterocycles. The number of hydrogen-bond donors (Lipinski definition) is 3. The molecule has 0 aliphatic heterocycles. The van der Waals surface area contributed by atoms with E-state index in [1.807, 2.05) is 12.1 Å². The van der Waals surface area contributed by atoms with Crippen LogP contribution in [0.15, 0.2) is 23.4 Å². The van der Waals surface area contributed by atoms with Crippen molar-refractivity contribution >= 4 is 29.0 Å². The molecule has 0 fully saturated rings. The molecule has 0 heterocycles. The fourth-order valence-corrected chi connectivity index (χ4v) is 2.29. The molecule has 0 amide bonds. The zero-order valence-electron chi connectivity index (χ0n) is 10.9. The second-order valence-corrected chi connectivity index (χ2v) is 5.18. The largest absolute Gasteiger partial charge is 0.409 e. The Morgan fingerprint density at radius 3 is 2.79 bits per heavy atom. The van der Waals surface area contributed by atoms with Gasteiger partial charge in [-0.05, 0) is 37.1 Å². The Labute approximate surface area is 123 Å². The van der Waals surface area contributed by atoms with Crippen LogP contribution in [0.3, 0.4) is 0 Å². The van der Waals surface area contributed by atoms with Crippen molar-refractivity contribution in [3.8, 4) is 0 Å². The first kappa shape index (κ1) is 16.1. The summed E-state index contributed by atoms with van der Waals surface area (Å²) in [4.78, 5) is 0. The number of hydrogen-bond acceptors (Lipinski definition) is 3. The van der Waals surface area contributed by atoms with E-state index < -0.39 is 0 Å². The second-order valence-electron chi connectivity index (χ2n) is 4.34. The lowest BCUT2D eigenvalue weighted by molar-refractivity contribution is 0.315. The third kappa shape index (κ3) is 5.68. The Balaban J connectivity index is 2.44. The lowest BCUT2D eigenvalue weighted by Gasteiger charge is -2.16. The number of rotatable bonds is 7. The fourth-order valence-electron chi connectivity index (χ4n) is 1.79. The molecule has 1 unspecified atom stereocenters. The van der Waals surface area contributed by atoms with Crippen LogP contribution in [-0.2, 0) is 6.42 Å². The molecular formula is C13H19Cl2N3O. The van der Waals surface area contributed by atoms with Gasteiger partial charge in [0.2, 0.25) is 0 Å². The molecule has 0 radical (unpaired) electrons. The quantitative estimate of drug-likeness (QED) is 0.314. The summed E-state index contributed by atoms with van der Waals surface area (Å²) >= 11 is 11.9. The van der Waals surface area contributed by atoms with Crippen molar-refractivity contribution in [3.63, 3.8) is 0 Å². The highest BCUT2D eigenvalue weighted by Crippen LogP contribution is 2.21. The van der Waals surface area contributed by atoms with E-state index in [0.29, 0.717) is 16.5 Å². The van der Waals surface area contributed by atoms with Crippen LogP contribution < -0.4 is 11.1 Å². The molecule has 0 aliphatic carbocycles. The summed E-state index contributed by atoms with van der Waals surface area (Å²) in [5.74, 6) is 0.240. The molecule has 1 aromatic carbocycles. The monoisotopic (exact) mass is 303 g/mol. The maximum Gasteiger partial charge on any atom is 0.140 e. The third-order valence-corrected chi connectivity index (χ3v) is 3.51. The normalized spacial score (nSPS) is 13.5. The average molecular weight is 304 g/mol. The van der Waals surface area contributed by atoms with Crippen LogP contribution in [-0.4, -0.2) is 23.6 Å². The van der Waals surface area contributed by atoms with Gasteiger partial charge in [-0.15, -0.1) is 0 Å². The van der Waals surface area contributed by atoms with Crippen molar-refractivity contribution < 1.29 is 5.21 Å². The van der Waals surface area contributed by atoms with Gasteiger partial charge in [0.15, 0.2) is 0 Å². The topological polar surface area (TPSA) is 70.6 Å². The first-order valence-electron chi connectivity index (χ1n) is 6.20. The minimum atomic E-state index is 0.196. The molecule has 1 rings (SSSR count). The van der Waals surface area contributed by atoms with Gasteiger partial charge in [-0.2, -0.15) is 0 Å². The Kier molecular flexibility index (Phi) is 6.99. The SMILES string of the molecule is CCC(CC(N)=NO)NCCc1ccc(Cl)cc1Cl. The predicted molar refractivity (Wildman–Crippen MR) is 80.3 cm³/mol. The maximum absolute atomic E-state index is 8.55. The Morgan fingerprint density at radius 2 is 2.21 bits per heavy atom. The summed E-state index contributed by atoms with van der Waals surface area (Å²) in [6, 6.07) is 5.70. The van der Waals surface area contributed by atoms with E-state index in [0.717, 1.165) is 24.9 Å². The van der Waals surface area contributed by atoms with Crippen LogP contribution >= 0.6 is 23.2 Å². The second kappa shape index (κ2) is 8.25. The Bertz CT molecular complexity index is 438. The summed E-state index contributed by atoms with van der Waals surface area (Å²) in [6.45, 7) is 2.83. The van der Waals surface area contributed by atoms with E-state index >= 15 is 0 Å². The number of nitrogens with one attached hydrogen (secondary N) is 1. The van der Waals surface area contributed by atoms with Crippen LogP contribution in [0, 0.1) is 0 Å². The van der Waals surface area contributed by atoms with Gasteiger partial charge in [0, 0.05) is 22.5 Å². The standard InChI is InChI=1S/C13H19Cl2N3O/c1-2-11(8-13(16)18-19)17-6-5-9-3-4-10(14)7-12(9)15/h3-4,7,11,17,19H,2,5-6,8H2,1H3,(H2,16,18). The molecule has 0 saturated heterocycles. The van der Waals surface area contributed by atoms with Crippen LogP contribution in [0.2, 0.25) is 10.0 Å².